The third kappa shape index (κ3) is 13.7. The van der Waals surface area contributed by atoms with Crippen LogP contribution in [0.5, 0.6) is 0 Å². The lowest BCUT2D eigenvalue weighted by atomic mass is 9.78. The van der Waals surface area contributed by atoms with Crippen molar-refractivity contribution < 1.29 is 9.31 Å². The first-order valence-electron chi connectivity index (χ1n) is 37.2. The summed E-state index contributed by atoms with van der Waals surface area (Å²) in [5.74, 6) is 0. The van der Waals surface area contributed by atoms with Crippen LogP contribution in [-0.2, 0) is 9.31 Å². The minimum Gasteiger partial charge on any atom is -0.399 e. The van der Waals surface area contributed by atoms with Crippen LogP contribution in [0.25, 0.3) is 137 Å². The van der Waals surface area contributed by atoms with E-state index < -0.39 is 0 Å². The third-order valence-corrected chi connectivity index (χ3v) is 28.5. The Morgan fingerprint density at radius 3 is 0.991 bits per heavy atom. The van der Waals surface area contributed by atoms with E-state index in [1.807, 2.05) is 82.5 Å². The monoisotopic (exact) mass is 1660 g/mol. The summed E-state index contributed by atoms with van der Waals surface area (Å²) in [5, 5.41) is 9.80. The molecule has 0 N–H and O–H groups in total. The summed E-state index contributed by atoms with van der Waals surface area (Å²) in [4.78, 5) is 14.9. The van der Waals surface area contributed by atoms with Crippen molar-refractivity contribution in [1.29, 1.82) is 0 Å². The van der Waals surface area contributed by atoms with Crippen LogP contribution in [0, 0.1) is 0 Å². The average Bonchev–Trinajstić information content (AvgIpc) is 1.58. The molecule has 1 aliphatic rings. The van der Waals surface area contributed by atoms with Crippen molar-refractivity contribution >= 4 is 215 Å². The lowest BCUT2D eigenvalue weighted by Gasteiger charge is -2.32. The molecule has 1 aliphatic heterocycles. The number of aromatic nitrogens is 2. The fourth-order valence-corrected chi connectivity index (χ4v) is 21.4. The maximum Gasteiger partial charge on any atom is 0.494 e. The summed E-state index contributed by atoms with van der Waals surface area (Å²) in [5.41, 5.74) is 18.7. The van der Waals surface area contributed by atoms with Gasteiger partial charge in [-0.15, -0.1) is 34.0 Å². The Labute approximate surface area is 687 Å². The van der Waals surface area contributed by atoms with Gasteiger partial charge in [0.1, 0.15) is 0 Å². The topological polar surface area (TPSA) is 50.7 Å². The van der Waals surface area contributed by atoms with Gasteiger partial charge in [-0.25, -0.2) is 9.97 Å². The summed E-state index contributed by atoms with van der Waals surface area (Å²) in [7, 11) is -0.317. The molecule has 1 fully saturated rings. The Morgan fingerprint density at radius 2 is 0.589 bits per heavy atom. The second-order valence-corrected chi connectivity index (χ2v) is 35.8. The molecule has 1 saturated heterocycles. The van der Waals surface area contributed by atoms with Gasteiger partial charge in [0.25, 0.3) is 0 Å². The number of hydrogen-bond donors (Lipinski definition) is 0. The van der Waals surface area contributed by atoms with Gasteiger partial charge < -0.3 is 9.31 Å². The number of fused-ring (bicyclic) bond motifs is 11. The molecule has 14 heteroatoms. The Hall–Kier alpha value is -10.7. The van der Waals surface area contributed by atoms with Crippen LogP contribution in [0.2, 0.25) is 0 Å². The number of thiazole rings is 2. The number of benzene rings is 15. The van der Waals surface area contributed by atoms with Crippen LogP contribution in [0.15, 0.2) is 355 Å². The van der Waals surface area contributed by atoms with Gasteiger partial charge in [-0.2, -0.15) is 0 Å². The van der Waals surface area contributed by atoms with Crippen molar-refractivity contribution in [3.05, 3.63) is 355 Å². The second kappa shape index (κ2) is 30.1. The first-order chi connectivity index (χ1) is 54.8. The number of nitrogens with zero attached hydrogens (tertiary/aromatic N) is 4. The van der Waals surface area contributed by atoms with E-state index in [2.05, 4.69) is 367 Å². The highest BCUT2D eigenvalue weighted by Gasteiger charge is 2.51. The molecule has 112 heavy (non-hydrogen) atoms. The molecular formula is C98H69BBr2N4O2S5. The van der Waals surface area contributed by atoms with Crippen LogP contribution < -0.4 is 15.3 Å². The van der Waals surface area contributed by atoms with Gasteiger partial charge >= 0.3 is 7.12 Å². The predicted molar refractivity (Wildman–Crippen MR) is 492 cm³/mol. The number of para-hydroxylation sites is 4. The summed E-state index contributed by atoms with van der Waals surface area (Å²) >= 11 is 16.2. The fraction of sp³-hybridized carbons (Fsp3) is 0.0612. The number of halogens is 2. The Bertz CT molecular complexity index is 6540. The van der Waals surface area contributed by atoms with Gasteiger partial charge in [-0.1, -0.05) is 253 Å². The smallest absolute Gasteiger partial charge is 0.399 e. The number of rotatable bonds is 12. The van der Waals surface area contributed by atoms with Gasteiger partial charge in [-0.05, 0) is 225 Å². The molecule has 540 valence electrons. The number of hydrogen-bond acceptors (Lipinski definition) is 11. The Kier molecular flexibility index (Phi) is 19.2. The predicted octanol–water partition coefficient (Wildman–Crippen LogP) is 30.5. The summed E-state index contributed by atoms with van der Waals surface area (Å²) < 4.78 is 24.7. The largest absolute Gasteiger partial charge is 0.494 e. The highest BCUT2D eigenvalue weighted by Crippen LogP contribution is 2.49. The van der Waals surface area contributed by atoms with E-state index in [1.54, 1.807) is 22.7 Å². The summed E-state index contributed by atoms with van der Waals surface area (Å²) in [6.07, 6.45) is 0. The van der Waals surface area contributed by atoms with Crippen LogP contribution >= 0.6 is 88.5 Å². The van der Waals surface area contributed by atoms with Crippen molar-refractivity contribution in [1.82, 2.24) is 9.97 Å². The van der Waals surface area contributed by atoms with Gasteiger partial charge in [0.05, 0.1) is 31.6 Å². The quantitative estimate of drug-likeness (QED) is 0.114. The molecule has 0 bridgehead atoms. The highest BCUT2D eigenvalue weighted by molar-refractivity contribution is 9.11. The van der Waals surface area contributed by atoms with E-state index in [0.717, 1.165) is 79.0 Å². The second-order valence-electron chi connectivity index (χ2n) is 28.8. The van der Waals surface area contributed by atoms with Crippen LogP contribution in [0.1, 0.15) is 27.7 Å². The molecule has 0 unspecified atom stereocenters. The molecule has 0 amide bonds. The number of anilines is 6. The van der Waals surface area contributed by atoms with E-state index >= 15 is 0 Å². The highest BCUT2D eigenvalue weighted by atomic mass is 79.9. The molecule has 0 atom stereocenters. The zero-order chi connectivity index (χ0) is 75.6. The summed E-state index contributed by atoms with van der Waals surface area (Å²) in [6.45, 7) is 8.34. The van der Waals surface area contributed by atoms with E-state index in [4.69, 9.17) is 19.3 Å². The molecule has 5 aromatic heterocycles. The van der Waals surface area contributed by atoms with E-state index in [-0.39, 0.29) is 18.3 Å². The molecule has 20 aromatic rings. The van der Waals surface area contributed by atoms with Gasteiger partial charge in [0, 0.05) is 103 Å². The molecule has 0 spiro atoms. The first kappa shape index (κ1) is 71.6. The Morgan fingerprint density at radius 1 is 0.277 bits per heavy atom. The van der Waals surface area contributed by atoms with Crippen molar-refractivity contribution in [3.8, 4) is 55.6 Å². The van der Waals surface area contributed by atoms with E-state index in [1.165, 1.54) is 105 Å². The molecule has 6 heterocycles. The maximum atomic E-state index is 6.17. The molecule has 21 rings (SSSR count). The first-order valence-corrected chi connectivity index (χ1v) is 42.9. The van der Waals surface area contributed by atoms with E-state index in [9.17, 15) is 0 Å². The number of thiophene rings is 3. The van der Waals surface area contributed by atoms with Crippen LogP contribution in [0.3, 0.4) is 0 Å². The fourth-order valence-electron chi connectivity index (χ4n) is 14.8. The van der Waals surface area contributed by atoms with Crippen LogP contribution in [-0.4, -0.2) is 28.3 Å². The van der Waals surface area contributed by atoms with Crippen molar-refractivity contribution in [2.45, 2.75) is 38.9 Å². The van der Waals surface area contributed by atoms with Crippen molar-refractivity contribution in [2.24, 2.45) is 0 Å². The Balaban J connectivity index is 0.000000133. The van der Waals surface area contributed by atoms with Crippen molar-refractivity contribution in [3.63, 3.8) is 0 Å². The van der Waals surface area contributed by atoms with Gasteiger partial charge in [0.2, 0.25) is 0 Å². The molecule has 15 aromatic carbocycles. The average molecular weight is 1670 g/mol. The lowest BCUT2D eigenvalue weighted by molar-refractivity contribution is 0.00578. The zero-order valence-electron chi connectivity index (χ0n) is 61.4. The normalized spacial score (nSPS) is 13.1. The summed E-state index contributed by atoms with van der Waals surface area (Å²) in [6, 6.07) is 124. The molecular weight excluding hydrogens is 1600 g/mol. The minimum atomic E-state index is -0.318. The zero-order valence-corrected chi connectivity index (χ0v) is 68.6. The lowest BCUT2D eigenvalue weighted by Crippen LogP contribution is -2.41. The van der Waals surface area contributed by atoms with Gasteiger partial charge in [0.15, 0.2) is 10.3 Å². The molecule has 0 radical (unpaired) electrons. The SMILES string of the molecule is Brc1ccc(Br)c2sc(N(c3ccccc3)c3ccccc3)nc12.CC1(C)OB(c2ccc(-c3ccc4sc5ccccc5c4c3)cc2)OC1(C)C.c1ccc(N(c2ccccc2)c2nc3c(-c4ccc(-c5ccc6sc7ccccc7c6c5)cc4)ccc(-c4ccc(-c5ccc6sc7ccccc7c6c5)cc4)c3s2)cc1. The van der Waals surface area contributed by atoms with Crippen LogP contribution in [0.4, 0.5) is 33.0 Å². The van der Waals surface area contributed by atoms with Crippen molar-refractivity contribution in [2.75, 3.05) is 9.80 Å². The molecule has 6 nitrogen and oxygen atoms in total. The van der Waals surface area contributed by atoms with E-state index in [0.29, 0.717) is 0 Å². The maximum absolute atomic E-state index is 6.17. The molecule has 0 saturated carbocycles. The van der Waals surface area contributed by atoms with Gasteiger partial charge in [-0.3, -0.25) is 9.80 Å². The third-order valence-electron chi connectivity index (χ3n) is 21.4. The molecule has 0 aliphatic carbocycles. The standard InChI is InChI=1S/C55H34N2S3.C24H23BO2S.C19H12Br2N2S/c1-3-11-41(12-4-1)57(42-13-5-2-6-14-42)55-56-53-43(37-23-19-35(20-24-37)39-27-31-51-47(33-39)45-15-7-9-17-49(45)58-51)29-30-44(54(53)60-55)38-25-21-36(22-26-38)40-28-32-52-48(34-40)46-16-8-10-18-50(46)59-52;1-23(2)24(3,4)27-25(26-23)18-12-9-16(10-13-18)17-11-14-22-20(15-17)19-7-5-6-8-21(19)28-22;20-15-11-12-16(21)18-17(15)22-19(24-18)23(13-7-3-1-4-8-13)14-9-5-2-6-10-14/h1-34H;5-15H,1-4H3;1-12H. The minimum absolute atomic E-state index is 0.317.